The second kappa shape index (κ2) is 7.54. The van der Waals surface area contributed by atoms with Crippen LogP contribution in [0.1, 0.15) is 25.8 Å². The van der Waals surface area contributed by atoms with Crippen LogP contribution < -0.4 is 4.74 Å². The molecule has 0 spiro atoms. The largest absolute Gasteiger partial charge is 0.497 e. The molecule has 0 radical (unpaired) electrons. The van der Waals surface area contributed by atoms with E-state index in [2.05, 4.69) is 0 Å². The fraction of sp³-hybridized carbons (Fsp3) is 0.400. The highest BCUT2D eigenvalue weighted by Gasteiger charge is 2.10. The maximum atomic E-state index is 11.4. The third-order valence-corrected chi connectivity index (χ3v) is 2.76. The maximum Gasteiger partial charge on any atom is 0.308 e. The van der Waals surface area contributed by atoms with Gasteiger partial charge in [-0.05, 0) is 30.2 Å². The quantitative estimate of drug-likeness (QED) is 0.725. The van der Waals surface area contributed by atoms with Crippen LogP contribution in [0.3, 0.4) is 0 Å². The summed E-state index contributed by atoms with van der Waals surface area (Å²) in [5, 5.41) is 0. The number of hydrogen-bond donors (Lipinski definition) is 0. The van der Waals surface area contributed by atoms with Crippen molar-refractivity contribution in [1.29, 1.82) is 0 Å². The fourth-order valence-electron chi connectivity index (χ4n) is 1.34. The summed E-state index contributed by atoms with van der Waals surface area (Å²) in [7, 11) is 1.64. The van der Waals surface area contributed by atoms with Crippen molar-refractivity contribution in [1.82, 2.24) is 0 Å². The SMILES string of the molecule is CCC(C)C(=O)OCC=Cc1ccc(OC)cc1. The van der Waals surface area contributed by atoms with Crippen LogP contribution in [0.4, 0.5) is 0 Å². The standard InChI is InChI=1S/C15H20O3/c1-4-12(2)15(16)18-11-5-6-13-7-9-14(17-3)10-8-13/h5-10,12H,4,11H2,1-3H3. The molecule has 1 atom stereocenters. The van der Waals surface area contributed by atoms with Gasteiger partial charge in [-0.3, -0.25) is 4.79 Å². The third kappa shape index (κ3) is 4.62. The van der Waals surface area contributed by atoms with E-state index in [4.69, 9.17) is 9.47 Å². The summed E-state index contributed by atoms with van der Waals surface area (Å²) in [4.78, 5) is 11.4. The highest BCUT2D eigenvalue weighted by Crippen LogP contribution is 2.12. The van der Waals surface area contributed by atoms with Crippen LogP contribution in [0.15, 0.2) is 30.3 Å². The van der Waals surface area contributed by atoms with E-state index < -0.39 is 0 Å². The van der Waals surface area contributed by atoms with Gasteiger partial charge in [-0.2, -0.15) is 0 Å². The van der Waals surface area contributed by atoms with Crippen molar-refractivity contribution in [3.05, 3.63) is 35.9 Å². The first kappa shape index (κ1) is 14.3. The summed E-state index contributed by atoms with van der Waals surface area (Å²) < 4.78 is 10.2. The molecule has 1 aromatic rings. The van der Waals surface area contributed by atoms with Crippen molar-refractivity contribution in [2.45, 2.75) is 20.3 Å². The monoisotopic (exact) mass is 248 g/mol. The minimum Gasteiger partial charge on any atom is -0.497 e. The van der Waals surface area contributed by atoms with Gasteiger partial charge in [-0.25, -0.2) is 0 Å². The molecule has 0 saturated carbocycles. The molecule has 0 saturated heterocycles. The molecule has 1 rings (SSSR count). The van der Waals surface area contributed by atoms with E-state index >= 15 is 0 Å². The van der Waals surface area contributed by atoms with Gasteiger partial charge in [-0.15, -0.1) is 0 Å². The van der Waals surface area contributed by atoms with Crippen molar-refractivity contribution < 1.29 is 14.3 Å². The molecule has 1 unspecified atom stereocenters. The van der Waals surface area contributed by atoms with Crippen LogP contribution in [0.25, 0.3) is 6.08 Å². The van der Waals surface area contributed by atoms with Crippen LogP contribution >= 0.6 is 0 Å². The lowest BCUT2D eigenvalue weighted by Crippen LogP contribution is -2.13. The Balaban J connectivity index is 2.38. The van der Waals surface area contributed by atoms with E-state index in [-0.39, 0.29) is 11.9 Å². The van der Waals surface area contributed by atoms with Crippen molar-refractivity contribution >= 4 is 12.0 Å². The topological polar surface area (TPSA) is 35.5 Å². The van der Waals surface area contributed by atoms with Gasteiger partial charge in [0.1, 0.15) is 12.4 Å². The Morgan fingerprint density at radius 2 is 2.00 bits per heavy atom. The summed E-state index contributed by atoms with van der Waals surface area (Å²) in [6.45, 7) is 4.16. The van der Waals surface area contributed by atoms with Crippen LogP contribution in [0, 0.1) is 5.92 Å². The minimum atomic E-state index is -0.142. The van der Waals surface area contributed by atoms with Crippen LogP contribution in [0.5, 0.6) is 5.75 Å². The van der Waals surface area contributed by atoms with Crippen molar-refractivity contribution in [2.75, 3.05) is 13.7 Å². The first-order valence-corrected chi connectivity index (χ1v) is 6.14. The lowest BCUT2D eigenvalue weighted by Gasteiger charge is -2.06. The second-order valence-corrected chi connectivity index (χ2v) is 4.11. The Hall–Kier alpha value is -1.77. The molecule has 0 amide bonds. The Kier molecular flexibility index (Phi) is 5.98. The molecule has 1 aromatic carbocycles. The van der Waals surface area contributed by atoms with E-state index in [9.17, 15) is 4.79 Å². The van der Waals surface area contributed by atoms with E-state index in [1.807, 2.05) is 50.3 Å². The Bertz CT molecular complexity index is 393. The van der Waals surface area contributed by atoms with Crippen LogP contribution in [-0.4, -0.2) is 19.7 Å². The average molecular weight is 248 g/mol. The van der Waals surface area contributed by atoms with Gasteiger partial charge in [0.25, 0.3) is 0 Å². The van der Waals surface area contributed by atoms with Gasteiger partial charge in [0.2, 0.25) is 0 Å². The molecule has 98 valence electrons. The number of rotatable bonds is 6. The lowest BCUT2D eigenvalue weighted by atomic mass is 10.1. The van der Waals surface area contributed by atoms with Gasteiger partial charge in [0.05, 0.1) is 13.0 Å². The third-order valence-electron chi connectivity index (χ3n) is 2.76. The number of methoxy groups -OCH3 is 1. The van der Waals surface area contributed by atoms with E-state index in [1.54, 1.807) is 7.11 Å². The highest BCUT2D eigenvalue weighted by molar-refractivity contribution is 5.72. The Labute approximate surface area is 108 Å². The molecule has 3 nitrogen and oxygen atoms in total. The molecule has 0 aliphatic heterocycles. The van der Waals surface area contributed by atoms with Gasteiger partial charge in [0, 0.05) is 0 Å². The van der Waals surface area contributed by atoms with E-state index in [0.29, 0.717) is 6.61 Å². The van der Waals surface area contributed by atoms with E-state index in [0.717, 1.165) is 17.7 Å². The number of esters is 1. The zero-order valence-electron chi connectivity index (χ0n) is 11.2. The molecule has 0 N–H and O–H groups in total. The summed E-state index contributed by atoms with van der Waals surface area (Å²) in [5.41, 5.74) is 1.05. The molecule has 18 heavy (non-hydrogen) atoms. The van der Waals surface area contributed by atoms with Gasteiger partial charge in [0.15, 0.2) is 0 Å². The Morgan fingerprint density at radius 3 is 2.56 bits per heavy atom. The number of carbonyl (C=O) groups excluding carboxylic acids is 1. The molecule has 0 aliphatic carbocycles. The summed E-state index contributed by atoms with van der Waals surface area (Å²) >= 11 is 0. The first-order valence-electron chi connectivity index (χ1n) is 6.14. The molecule has 0 heterocycles. The lowest BCUT2D eigenvalue weighted by molar-refractivity contribution is -0.146. The number of benzene rings is 1. The number of carbonyl (C=O) groups is 1. The zero-order chi connectivity index (χ0) is 13.4. The highest BCUT2D eigenvalue weighted by atomic mass is 16.5. The molecular formula is C15H20O3. The average Bonchev–Trinajstić information content (AvgIpc) is 2.43. The minimum absolute atomic E-state index is 0.0283. The molecule has 0 aliphatic rings. The summed E-state index contributed by atoms with van der Waals surface area (Å²) in [6, 6.07) is 7.69. The molecule has 0 fully saturated rings. The van der Waals surface area contributed by atoms with Crippen LogP contribution in [0.2, 0.25) is 0 Å². The second-order valence-electron chi connectivity index (χ2n) is 4.11. The van der Waals surface area contributed by atoms with Crippen molar-refractivity contribution in [3.63, 3.8) is 0 Å². The molecule has 0 bridgehead atoms. The van der Waals surface area contributed by atoms with Gasteiger partial charge >= 0.3 is 5.97 Å². The smallest absolute Gasteiger partial charge is 0.308 e. The molecular weight excluding hydrogens is 228 g/mol. The van der Waals surface area contributed by atoms with Gasteiger partial charge < -0.3 is 9.47 Å². The molecule has 3 heteroatoms. The molecule has 0 aromatic heterocycles. The van der Waals surface area contributed by atoms with Crippen molar-refractivity contribution in [2.24, 2.45) is 5.92 Å². The predicted octanol–water partition coefficient (Wildman–Crippen LogP) is 3.30. The predicted molar refractivity (Wildman–Crippen MR) is 72.4 cm³/mol. The summed E-state index contributed by atoms with van der Waals surface area (Å²) in [5.74, 6) is 0.659. The van der Waals surface area contributed by atoms with Crippen LogP contribution in [-0.2, 0) is 9.53 Å². The maximum absolute atomic E-state index is 11.4. The zero-order valence-corrected chi connectivity index (χ0v) is 11.2. The first-order chi connectivity index (χ1) is 8.67. The van der Waals surface area contributed by atoms with E-state index in [1.165, 1.54) is 0 Å². The normalized spacial score (nSPS) is 12.4. The van der Waals surface area contributed by atoms with Crippen molar-refractivity contribution in [3.8, 4) is 5.75 Å². The fourth-order valence-corrected chi connectivity index (χ4v) is 1.34. The summed E-state index contributed by atoms with van der Waals surface area (Å²) in [6.07, 6.45) is 4.56. The Morgan fingerprint density at radius 1 is 1.33 bits per heavy atom. The number of hydrogen-bond acceptors (Lipinski definition) is 3. The van der Waals surface area contributed by atoms with Gasteiger partial charge in [-0.1, -0.05) is 32.1 Å². The number of ether oxygens (including phenoxy) is 2.